The second-order valence-corrected chi connectivity index (χ2v) is 6.47. The number of nitrogens with zero attached hydrogens (tertiary/aromatic N) is 1. The predicted octanol–water partition coefficient (Wildman–Crippen LogP) is 3.17. The first-order valence-corrected chi connectivity index (χ1v) is 7.74. The minimum atomic E-state index is 0.730. The summed E-state index contributed by atoms with van der Waals surface area (Å²) in [5.74, 6) is 0.949. The molecule has 2 saturated carbocycles. The molecule has 0 radical (unpaired) electrons. The van der Waals surface area contributed by atoms with Crippen molar-refractivity contribution < 1.29 is 0 Å². The second-order valence-electron chi connectivity index (χ2n) is 6.47. The highest BCUT2D eigenvalue weighted by Gasteiger charge is 2.30. The van der Waals surface area contributed by atoms with Crippen molar-refractivity contribution in [2.45, 2.75) is 57.8 Å². The van der Waals surface area contributed by atoms with E-state index in [2.05, 4.69) is 48.5 Å². The van der Waals surface area contributed by atoms with Gasteiger partial charge in [-0.2, -0.15) is 0 Å². The highest BCUT2D eigenvalue weighted by Crippen LogP contribution is 2.35. The highest BCUT2D eigenvalue weighted by molar-refractivity contribution is 5.23. The zero-order valence-corrected chi connectivity index (χ0v) is 12.2. The molecule has 2 nitrogen and oxygen atoms in total. The third kappa shape index (κ3) is 3.80. The fourth-order valence-electron chi connectivity index (χ4n) is 2.76. The van der Waals surface area contributed by atoms with Gasteiger partial charge in [0.25, 0.3) is 0 Å². The molecule has 1 N–H and O–H groups in total. The molecule has 2 aliphatic carbocycles. The third-order valence-electron chi connectivity index (χ3n) is 4.60. The van der Waals surface area contributed by atoms with Gasteiger partial charge >= 0.3 is 0 Å². The Morgan fingerprint density at radius 2 is 1.95 bits per heavy atom. The molecule has 1 atom stereocenters. The summed E-state index contributed by atoms with van der Waals surface area (Å²) in [5, 5.41) is 3.59. The smallest absolute Gasteiger partial charge is 0.0233 e. The van der Waals surface area contributed by atoms with Crippen LogP contribution in [0, 0.1) is 5.92 Å². The van der Waals surface area contributed by atoms with E-state index in [0.717, 1.165) is 31.1 Å². The number of nitrogens with one attached hydrogen (secondary N) is 1. The Kier molecular flexibility index (Phi) is 3.90. The monoisotopic (exact) mass is 258 g/mol. The van der Waals surface area contributed by atoms with Crippen LogP contribution < -0.4 is 5.32 Å². The van der Waals surface area contributed by atoms with Gasteiger partial charge in [-0.1, -0.05) is 24.3 Å². The summed E-state index contributed by atoms with van der Waals surface area (Å²) in [5.41, 5.74) is 2.88. The maximum absolute atomic E-state index is 3.59. The summed E-state index contributed by atoms with van der Waals surface area (Å²) >= 11 is 0. The predicted molar refractivity (Wildman–Crippen MR) is 80.0 cm³/mol. The Morgan fingerprint density at radius 3 is 2.63 bits per heavy atom. The first-order valence-electron chi connectivity index (χ1n) is 7.74. The van der Waals surface area contributed by atoms with Gasteiger partial charge in [-0.05, 0) is 56.7 Å². The molecule has 2 heteroatoms. The standard InChI is InChI=1S/C17H26N2/c1-13(16-6-7-16)19(2)12-15-5-3-4-14(10-15)11-18-17-8-9-17/h3-5,10,13,16-18H,6-9,11-12H2,1-2H3. The van der Waals surface area contributed by atoms with Crippen LogP contribution >= 0.6 is 0 Å². The molecule has 1 aromatic carbocycles. The maximum atomic E-state index is 3.59. The molecule has 19 heavy (non-hydrogen) atoms. The van der Waals surface area contributed by atoms with Gasteiger partial charge in [0.05, 0.1) is 0 Å². The topological polar surface area (TPSA) is 15.3 Å². The molecular formula is C17H26N2. The SMILES string of the molecule is CC(C1CC1)N(C)Cc1cccc(CNC2CC2)c1. The summed E-state index contributed by atoms with van der Waals surface area (Å²) in [6, 6.07) is 10.6. The maximum Gasteiger partial charge on any atom is 0.0233 e. The van der Waals surface area contributed by atoms with Gasteiger partial charge in [0.1, 0.15) is 0 Å². The molecule has 3 rings (SSSR count). The molecule has 1 aromatic rings. The molecule has 0 bridgehead atoms. The van der Waals surface area contributed by atoms with Gasteiger partial charge in [0.15, 0.2) is 0 Å². The van der Waals surface area contributed by atoms with E-state index in [9.17, 15) is 0 Å². The second kappa shape index (κ2) is 5.64. The van der Waals surface area contributed by atoms with Gasteiger partial charge in [-0.3, -0.25) is 4.90 Å². The van der Waals surface area contributed by atoms with Crippen molar-refractivity contribution in [2.75, 3.05) is 7.05 Å². The van der Waals surface area contributed by atoms with Crippen LogP contribution in [-0.4, -0.2) is 24.0 Å². The first kappa shape index (κ1) is 13.1. The first-order chi connectivity index (χ1) is 9.22. The van der Waals surface area contributed by atoms with E-state index in [-0.39, 0.29) is 0 Å². The van der Waals surface area contributed by atoms with Crippen LogP contribution in [0.5, 0.6) is 0 Å². The summed E-state index contributed by atoms with van der Waals surface area (Å²) in [4.78, 5) is 2.51. The Bertz CT molecular complexity index is 421. The molecule has 104 valence electrons. The van der Waals surface area contributed by atoms with Crippen molar-refractivity contribution in [3.8, 4) is 0 Å². The molecule has 0 amide bonds. The molecule has 1 unspecified atom stereocenters. The quantitative estimate of drug-likeness (QED) is 0.808. The highest BCUT2D eigenvalue weighted by atomic mass is 15.1. The lowest BCUT2D eigenvalue weighted by Crippen LogP contribution is -2.30. The van der Waals surface area contributed by atoms with Crippen molar-refractivity contribution in [3.63, 3.8) is 0 Å². The van der Waals surface area contributed by atoms with Crippen molar-refractivity contribution in [1.82, 2.24) is 10.2 Å². The van der Waals surface area contributed by atoms with Crippen LogP contribution in [0.25, 0.3) is 0 Å². The number of rotatable bonds is 7. The number of hydrogen-bond donors (Lipinski definition) is 1. The van der Waals surface area contributed by atoms with Crippen molar-refractivity contribution in [1.29, 1.82) is 0 Å². The Hall–Kier alpha value is -0.860. The molecule has 0 heterocycles. The van der Waals surface area contributed by atoms with Gasteiger partial charge in [-0.15, -0.1) is 0 Å². The lowest BCUT2D eigenvalue weighted by molar-refractivity contribution is 0.226. The van der Waals surface area contributed by atoms with Gasteiger partial charge in [0.2, 0.25) is 0 Å². The minimum Gasteiger partial charge on any atom is -0.310 e. The normalized spacial score (nSPS) is 20.8. The lowest BCUT2D eigenvalue weighted by Gasteiger charge is -2.24. The van der Waals surface area contributed by atoms with E-state index in [1.54, 1.807) is 0 Å². The number of hydrogen-bond acceptors (Lipinski definition) is 2. The minimum absolute atomic E-state index is 0.730. The Labute approximate surface area is 117 Å². The van der Waals surface area contributed by atoms with Crippen molar-refractivity contribution >= 4 is 0 Å². The summed E-state index contributed by atoms with van der Waals surface area (Å²) in [6.45, 7) is 4.48. The van der Waals surface area contributed by atoms with Crippen molar-refractivity contribution in [3.05, 3.63) is 35.4 Å². The van der Waals surface area contributed by atoms with E-state index in [0.29, 0.717) is 0 Å². The average Bonchev–Trinajstić information content (AvgIpc) is 3.29. The van der Waals surface area contributed by atoms with E-state index in [4.69, 9.17) is 0 Å². The zero-order chi connectivity index (χ0) is 13.2. The van der Waals surface area contributed by atoms with Gasteiger partial charge in [-0.25, -0.2) is 0 Å². The zero-order valence-electron chi connectivity index (χ0n) is 12.2. The molecule has 2 fully saturated rings. The molecular weight excluding hydrogens is 232 g/mol. The van der Waals surface area contributed by atoms with Crippen LogP contribution in [0.1, 0.15) is 43.7 Å². The van der Waals surface area contributed by atoms with Crippen LogP contribution in [0.4, 0.5) is 0 Å². The Morgan fingerprint density at radius 1 is 1.21 bits per heavy atom. The van der Waals surface area contributed by atoms with E-state index in [1.165, 1.54) is 36.8 Å². The van der Waals surface area contributed by atoms with Crippen LogP contribution in [0.2, 0.25) is 0 Å². The Balaban J connectivity index is 1.55. The molecule has 2 aliphatic rings. The molecule has 0 aromatic heterocycles. The van der Waals surface area contributed by atoms with Crippen LogP contribution in [-0.2, 0) is 13.1 Å². The fraction of sp³-hybridized carbons (Fsp3) is 0.647. The average molecular weight is 258 g/mol. The molecule has 0 spiro atoms. The number of benzene rings is 1. The summed E-state index contributed by atoms with van der Waals surface area (Å²) in [7, 11) is 2.26. The van der Waals surface area contributed by atoms with E-state index < -0.39 is 0 Å². The van der Waals surface area contributed by atoms with E-state index in [1.807, 2.05) is 0 Å². The van der Waals surface area contributed by atoms with E-state index >= 15 is 0 Å². The summed E-state index contributed by atoms with van der Waals surface area (Å²) < 4.78 is 0. The van der Waals surface area contributed by atoms with Crippen LogP contribution in [0.15, 0.2) is 24.3 Å². The lowest BCUT2D eigenvalue weighted by atomic mass is 10.1. The van der Waals surface area contributed by atoms with Gasteiger partial charge in [0, 0.05) is 25.2 Å². The molecule has 0 saturated heterocycles. The van der Waals surface area contributed by atoms with Crippen LogP contribution in [0.3, 0.4) is 0 Å². The largest absolute Gasteiger partial charge is 0.310 e. The fourth-order valence-corrected chi connectivity index (χ4v) is 2.76. The van der Waals surface area contributed by atoms with Crippen molar-refractivity contribution in [2.24, 2.45) is 5.92 Å². The molecule has 0 aliphatic heterocycles. The third-order valence-corrected chi connectivity index (χ3v) is 4.60. The van der Waals surface area contributed by atoms with Gasteiger partial charge < -0.3 is 5.32 Å². The summed E-state index contributed by atoms with van der Waals surface area (Å²) in [6.07, 6.45) is 5.58.